The molecule has 1 N–H and O–H groups in total. The third kappa shape index (κ3) is 3.64. The number of fused-ring (bicyclic) bond motifs is 1. The number of methoxy groups -OCH3 is 1. The molecule has 3 aromatic rings. The van der Waals surface area contributed by atoms with E-state index in [1.807, 2.05) is 17.0 Å². The van der Waals surface area contributed by atoms with E-state index in [9.17, 15) is 9.90 Å². The number of aromatic nitrogens is 1. The molecule has 0 atom stereocenters. The first kappa shape index (κ1) is 18.3. The lowest BCUT2D eigenvalue weighted by atomic mass is 10.0. The van der Waals surface area contributed by atoms with Crippen molar-refractivity contribution >= 4 is 16.7 Å². The Morgan fingerprint density at radius 2 is 1.82 bits per heavy atom. The Morgan fingerprint density at radius 3 is 2.54 bits per heavy atom. The Balaban J connectivity index is 1.42. The number of nitrogens with zero attached hydrogens (tertiary/aromatic N) is 3. The summed E-state index contributed by atoms with van der Waals surface area (Å²) in [5.41, 5.74) is 1.56. The zero-order chi connectivity index (χ0) is 19.5. The summed E-state index contributed by atoms with van der Waals surface area (Å²) in [5, 5.41) is 12.4. The number of carbonyl (C=O) groups is 1. The van der Waals surface area contributed by atoms with Crippen LogP contribution in [0.1, 0.15) is 15.9 Å². The maximum atomic E-state index is 12.7. The Morgan fingerprint density at radius 1 is 1.07 bits per heavy atom. The summed E-state index contributed by atoms with van der Waals surface area (Å²) in [6.45, 7) is 3.48. The summed E-state index contributed by atoms with van der Waals surface area (Å²) >= 11 is 0. The average molecular weight is 377 g/mol. The summed E-state index contributed by atoms with van der Waals surface area (Å²) in [5.74, 6) is 1.07. The van der Waals surface area contributed by atoms with Gasteiger partial charge in [0.1, 0.15) is 11.5 Å². The molecule has 0 aliphatic carbocycles. The van der Waals surface area contributed by atoms with Crippen LogP contribution >= 0.6 is 0 Å². The lowest BCUT2D eigenvalue weighted by Gasteiger charge is -2.35. The second kappa shape index (κ2) is 7.86. The van der Waals surface area contributed by atoms with Crippen molar-refractivity contribution in [2.24, 2.45) is 0 Å². The molecular weight excluding hydrogens is 354 g/mol. The highest BCUT2D eigenvalue weighted by Gasteiger charge is 2.23. The van der Waals surface area contributed by atoms with Gasteiger partial charge < -0.3 is 14.7 Å². The first-order valence-corrected chi connectivity index (χ1v) is 9.36. The van der Waals surface area contributed by atoms with Crippen LogP contribution in [0.15, 0.2) is 54.9 Å². The molecule has 144 valence electrons. The fraction of sp³-hybridized carbons (Fsp3) is 0.273. The van der Waals surface area contributed by atoms with Gasteiger partial charge in [0.05, 0.1) is 7.11 Å². The summed E-state index contributed by atoms with van der Waals surface area (Å²) in [6, 6.07) is 12.8. The van der Waals surface area contributed by atoms with E-state index >= 15 is 0 Å². The molecule has 0 bridgehead atoms. The minimum atomic E-state index is 0.0412. The first-order valence-electron chi connectivity index (χ1n) is 9.36. The van der Waals surface area contributed by atoms with Crippen molar-refractivity contribution in [3.05, 3.63) is 66.0 Å². The fourth-order valence-electron chi connectivity index (χ4n) is 3.63. The molecule has 28 heavy (non-hydrogen) atoms. The highest BCUT2D eigenvalue weighted by molar-refractivity contribution is 5.94. The predicted molar refractivity (Wildman–Crippen MR) is 108 cm³/mol. The molecule has 0 saturated carbocycles. The van der Waals surface area contributed by atoms with E-state index in [0.29, 0.717) is 25.2 Å². The average Bonchev–Trinajstić information content (AvgIpc) is 2.76. The van der Waals surface area contributed by atoms with E-state index in [0.717, 1.165) is 35.2 Å². The predicted octanol–water partition coefficient (Wildman–Crippen LogP) is 2.91. The van der Waals surface area contributed by atoms with Gasteiger partial charge in [-0.2, -0.15) is 0 Å². The lowest BCUT2D eigenvalue weighted by Crippen LogP contribution is -2.48. The van der Waals surface area contributed by atoms with E-state index in [-0.39, 0.29) is 11.7 Å². The van der Waals surface area contributed by atoms with Crippen LogP contribution in [0, 0.1) is 0 Å². The number of benzene rings is 2. The molecule has 2 aromatic carbocycles. The zero-order valence-corrected chi connectivity index (χ0v) is 15.8. The maximum Gasteiger partial charge on any atom is 0.253 e. The second-order valence-corrected chi connectivity index (χ2v) is 6.96. The van der Waals surface area contributed by atoms with Crippen LogP contribution in [-0.4, -0.2) is 59.1 Å². The highest BCUT2D eigenvalue weighted by atomic mass is 16.5. The number of hydrogen-bond donors (Lipinski definition) is 1. The van der Waals surface area contributed by atoms with Crippen LogP contribution in [0.3, 0.4) is 0 Å². The minimum absolute atomic E-state index is 0.0412. The number of ether oxygens (including phenoxy) is 1. The number of piperazine rings is 1. The number of pyridine rings is 1. The normalized spacial score (nSPS) is 15.0. The molecule has 2 heterocycles. The van der Waals surface area contributed by atoms with Crippen molar-refractivity contribution in [2.45, 2.75) is 6.54 Å². The number of phenolic OH excluding ortho intramolecular Hbond substituents is 1. The summed E-state index contributed by atoms with van der Waals surface area (Å²) in [6.07, 6.45) is 3.56. The van der Waals surface area contributed by atoms with Crippen molar-refractivity contribution < 1.29 is 14.6 Å². The van der Waals surface area contributed by atoms with E-state index in [2.05, 4.69) is 9.88 Å². The Kier molecular flexibility index (Phi) is 5.12. The molecule has 0 spiro atoms. The SMILES string of the molecule is COc1ccc(C(=O)N2CCN(Cc3c(O)ccc4ccncc34)CC2)cc1. The van der Waals surface area contributed by atoms with Crippen LogP contribution in [0.25, 0.3) is 10.8 Å². The molecule has 1 amide bonds. The van der Waals surface area contributed by atoms with Crippen LogP contribution in [0.2, 0.25) is 0 Å². The van der Waals surface area contributed by atoms with E-state index in [4.69, 9.17) is 4.74 Å². The summed E-state index contributed by atoms with van der Waals surface area (Å²) in [7, 11) is 1.61. The third-order valence-electron chi connectivity index (χ3n) is 5.29. The lowest BCUT2D eigenvalue weighted by molar-refractivity contribution is 0.0628. The molecule has 1 fully saturated rings. The Labute approximate surface area is 164 Å². The molecule has 0 unspecified atom stereocenters. The van der Waals surface area contributed by atoms with Crippen LogP contribution < -0.4 is 4.74 Å². The van der Waals surface area contributed by atoms with E-state index in [1.54, 1.807) is 49.8 Å². The maximum absolute atomic E-state index is 12.7. The Hall–Kier alpha value is -3.12. The molecule has 4 rings (SSSR count). The second-order valence-electron chi connectivity index (χ2n) is 6.96. The molecule has 6 heteroatoms. The number of aromatic hydroxyl groups is 1. The number of amides is 1. The topological polar surface area (TPSA) is 65.9 Å². The third-order valence-corrected chi connectivity index (χ3v) is 5.29. The standard InChI is InChI=1S/C22H23N3O3/c1-28-18-5-2-17(3-6-18)22(27)25-12-10-24(11-13-25)15-20-19-14-23-9-8-16(19)4-7-21(20)26/h2-9,14,26H,10-13,15H2,1H3. The largest absolute Gasteiger partial charge is 0.508 e. The summed E-state index contributed by atoms with van der Waals surface area (Å²) in [4.78, 5) is 21.1. The van der Waals surface area contributed by atoms with Gasteiger partial charge >= 0.3 is 0 Å². The monoisotopic (exact) mass is 377 g/mol. The highest BCUT2D eigenvalue weighted by Crippen LogP contribution is 2.28. The zero-order valence-electron chi connectivity index (χ0n) is 15.8. The molecule has 1 aromatic heterocycles. The van der Waals surface area contributed by atoms with Crippen LogP contribution in [0.4, 0.5) is 0 Å². The quantitative estimate of drug-likeness (QED) is 0.757. The van der Waals surface area contributed by atoms with Gasteiger partial charge in [-0.05, 0) is 41.8 Å². The van der Waals surface area contributed by atoms with Gasteiger partial charge in [0.25, 0.3) is 5.91 Å². The van der Waals surface area contributed by atoms with Gasteiger partial charge in [0.15, 0.2) is 0 Å². The fourth-order valence-corrected chi connectivity index (χ4v) is 3.63. The van der Waals surface area contributed by atoms with Gasteiger partial charge in [-0.3, -0.25) is 14.7 Å². The van der Waals surface area contributed by atoms with Gasteiger partial charge in [0, 0.05) is 61.6 Å². The number of phenols is 1. The smallest absolute Gasteiger partial charge is 0.253 e. The molecule has 0 radical (unpaired) electrons. The van der Waals surface area contributed by atoms with E-state index < -0.39 is 0 Å². The van der Waals surface area contributed by atoms with Gasteiger partial charge in [-0.25, -0.2) is 0 Å². The number of hydrogen-bond acceptors (Lipinski definition) is 5. The molecule has 1 aliphatic heterocycles. The minimum Gasteiger partial charge on any atom is -0.508 e. The van der Waals surface area contributed by atoms with Crippen molar-refractivity contribution in [3.63, 3.8) is 0 Å². The van der Waals surface area contributed by atoms with Gasteiger partial charge in [-0.15, -0.1) is 0 Å². The molecular formula is C22H23N3O3. The number of rotatable bonds is 4. The Bertz CT molecular complexity index is 980. The summed E-state index contributed by atoms with van der Waals surface area (Å²) < 4.78 is 5.15. The van der Waals surface area contributed by atoms with E-state index in [1.165, 1.54) is 0 Å². The first-order chi connectivity index (χ1) is 13.7. The molecule has 1 aliphatic rings. The van der Waals surface area contributed by atoms with Gasteiger partial charge in [-0.1, -0.05) is 6.07 Å². The van der Waals surface area contributed by atoms with Gasteiger partial charge in [0.2, 0.25) is 0 Å². The molecule has 6 nitrogen and oxygen atoms in total. The van der Waals surface area contributed by atoms with Crippen molar-refractivity contribution in [1.29, 1.82) is 0 Å². The molecule has 1 saturated heterocycles. The van der Waals surface area contributed by atoms with Crippen LogP contribution in [-0.2, 0) is 6.54 Å². The van der Waals surface area contributed by atoms with Crippen LogP contribution in [0.5, 0.6) is 11.5 Å². The number of carbonyl (C=O) groups excluding carboxylic acids is 1. The van der Waals surface area contributed by atoms with Crippen molar-refractivity contribution in [3.8, 4) is 11.5 Å². The van der Waals surface area contributed by atoms with Crippen molar-refractivity contribution in [2.75, 3.05) is 33.3 Å². The van der Waals surface area contributed by atoms with Crippen molar-refractivity contribution in [1.82, 2.24) is 14.8 Å².